The molecule has 0 fully saturated rings. The van der Waals surface area contributed by atoms with Crippen LogP contribution in [0.2, 0.25) is 0 Å². The van der Waals surface area contributed by atoms with E-state index < -0.39 is 5.97 Å². The number of carbonyl (C=O) groups is 2. The summed E-state index contributed by atoms with van der Waals surface area (Å²) in [6, 6.07) is 42.3. The van der Waals surface area contributed by atoms with Crippen LogP contribution in [0, 0.1) is 0 Å². The van der Waals surface area contributed by atoms with Gasteiger partial charge in [0.05, 0.1) is 6.42 Å². The molecule has 0 spiro atoms. The van der Waals surface area contributed by atoms with E-state index >= 15 is 0 Å². The quantitative estimate of drug-likeness (QED) is 0.147. The van der Waals surface area contributed by atoms with Crippen molar-refractivity contribution in [2.24, 2.45) is 0 Å². The fourth-order valence-electron chi connectivity index (χ4n) is 7.68. The van der Waals surface area contributed by atoms with Crippen LogP contribution in [-0.2, 0) is 27.4 Å². The first-order valence-electron chi connectivity index (χ1n) is 15.4. The van der Waals surface area contributed by atoms with Crippen LogP contribution in [0.15, 0.2) is 121 Å². The van der Waals surface area contributed by atoms with Crippen molar-refractivity contribution < 1.29 is 19.4 Å². The molecule has 0 unspecified atom stereocenters. The minimum Gasteiger partial charge on any atom is -0.481 e. The predicted octanol–water partition coefficient (Wildman–Crippen LogP) is 10.1. The first-order chi connectivity index (χ1) is 22.6. The molecule has 0 radical (unpaired) electrons. The van der Waals surface area contributed by atoms with Crippen LogP contribution >= 0.6 is 0 Å². The molecule has 4 nitrogen and oxygen atoms in total. The third-order valence-corrected chi connectivity index (χ3v) is 9.62. The van der Waals surface area contributed by atoms with Crippen molar-refractivity contribution in [2.45, 2.75) is 13.0 Å². The lowest BCUT2D eigenvalue weighted by atomic mass is 9.84. The number of hydrogen-bond acceptors (Lipinski definition) is 3. The number of ether oxygens (including phenoxy) is 1. The largest absolute Gasteiger partial charge is 0.481 e. The molecule has 0 heterocycles. The normalized spacial score (nSPS) is 11.9. The molecular formula is C42H26O4. The van der Waals surface area contributed by atoms with Gasteiger partial charge in [0.15, 0.2) is 0 Å². The third-order valence-electron chi connectivity index (χ3n) is 9.62. The fourth-order valence-corrected chi connectivity index (χ4v) is 7.68. The molecule has 0 atom stereocenters. The predicted molar refractivity (Wildman–Crippen MR) is 187 cm³/mol. The van der Waals surface area contributed by atoms with Crippen molar-refractivity contribution in [3.63, 3.8) is 0 Å². The Morgan fingerprint density at radius 3 is 1.41 bits per heavy atom. The van der Waals surface area contributed by atoms with Gasteiger partial charge in [-0.2, -0.15) is 0 Å². The Morgan fingerprint density at radius 2 is 0.935 bits per heavy atom. The summed E-state index contributed by atoms with van der Waals surface area (Å²) in [5.41, 5.74) is 5.14. The number of aliphatic carboxylic acids is 1. The van der Waals surface area contributed by atoms with Crippen molar-refractivity contribution in [3.8, 4) is 22.3 Å². The number of benzene rings is 9. The highest BCUT2D eigenvalue weighted by atomic mass is 16.5. The van der Waals surface area contributed by atoms with Crippen LogP contribution in [0.5, 0.6) is 0 Å². The molecule has 0 bridgehead atoms. The molecule has 0 amide bonds. The zero-order chi connectivity index (χ0) is 30.9. The summed E-state index contributed by atoms with van der Waals surface area (Å²) in [6.07, 6.45) is -0.148. The monoisotopic (exact) mass is 594 g/mol. The molecule has 0 aromatic heterocycles. The Balaban J connectivity index is 1.35. The maximum atomic E-state index is 12.4. The van der Waals surface area contributed by atoms with Gasteiger partial charge in [0.25, 0.3) is 6.47 Å². The maximum absolute atomic E-state index is 12.4. The minimum atomic E-state index is -0.905. The molecule has 0 saturated heterocycles. The first kappa shape index (κ1) is 26.4. The molecule has 9 aromatic carbocycles. The molecule has 0 aliphatic carbocycles. The van der Waals surface area contributed by atoms with E-state index in [1.165, 1.54) is 37.7 Å². The van der Waals surface area contributed by atoms with Crippen LogP contribution in [0.3, 0.4) is 0 Å². The Kier molecular flexibility index (Phi) is 5.75. The van der Waals surface area contributed by atoms with E-state index in [0.29, 0.717) is 12.0 Å². The van der Waals surface area contributed by atoms with E-state index in [1.807, 2.05) is 12.1 Å². The second-order valence-corrected chi connectivity index (χ2v) is 12.1. The zero-order valence-corrected chi connectivity index (χ0v) is 24.7. The van der Waals surface area contributed by atoms with Gasteiger partial charge in [-0.15, -0.1) is 0 Å². The van der Waals surface area contributed by atoms with Gasteiger partial charge in [0.1, 0.15) is 6.61 Å². The number of carbonyl (C=O) groups excluding carboxylic acids is 1. The van der Waals surface area contributed by atoms with Gasteiger partial charge in [-0.25, -0.2) is 0 Å². The van der Waals surface area contributed by atoms with Gasteiger partial charge in [-0.3, -0.25) is 9.59 Å². The van der Waals surface area contributed by atoms with Crippen LogP contribution in [0.25, 0.3) is 86.9 Å². The van der Waals surface area contributed by atoms with Crippen molar-refractivity contribution in [1.29, 1.82) is 0 Å². The highest BCUT2D eigenvalue weighted by molar-refractivity contribution is 6.27. The number of hydrogen-bond donors (Lipinski definition) is 1. The summed E-state index contributed by atoms with van der Waals surface area (Å²) in [5.74, 6) is -0.905. The summed E-state index contributed by atoms with van der Waals surface area (Å²) in [6.45, 7) is 0.530. The SMILES string of the molecule is O=COCc1cc(-c2ccc3ccc4cccc5ccc2c3c45)c(CC(=O)O)cc1-c1ccc2ccc3cccc4ccc1c2c34. The second-order valence-electron chi connectivity index (χ2n) is 12.1. The van der Waals surface area contributed by atoms with Crippen molar-refractivity contribution in [1.82, 2.24) is 0 Å². The smallest absolute Gasteiger partial charge is 0.307 e. The highest BCUT2D eigenvalue weighted by Gasteiger charge is 2.21. The van der Waals surface area contributed by atoms with Crippen LogP contribution < -0.4 is 0 Å². The average Bonchev–Trinajstić information content (AvgIpc) is 3.08. The molecular weight excluding hydrogens is 568 g/mol. The van der Waals surface area contributed by atoms with Crippen LogP contribution in [0.4, 0.5) is 0 Å². The second kappa shape index (κ2) is 10.0. The highest BCUT2D eigenvalue weighted by Crippen LogP contribution is 2.44. The van der Waals surface area contributed by atoms with Crippen molar-refractivity contribution in [2.75, 3.05) is 0 Å². The van der Waals surface area contributed by atoms with Gasteiger partial charge in [-0.05, 0) is 110 Å². The van der Waals surface area contributed by atoms with E-state index in [-0.39, 0.29) is 13.0 Å². The minimum absolute atomic E-state index is 0.0625. The zero-order valence-electron chi connectivity index (χ0n) is 24.7. The van der Waals surface area contributed by atoms with Crippen LogP contribution in [-0.4, -0.2) is 17.5 Å². The van der Waals surface area contributed by atoms with Gasteiger partial charge >= 0.3 is 5.97 Å². The van der Waals surface area contributed by atoms with E-state index in [1.54, 1.807) is 0 Å². The summed E-state index contributed by atoms with van der Waals surface area (Å²) in [4.78, 5) is 23.9. The van der Waals surface area contributed by atoms with Crippen molar-refractivity contribution >= 4 is 77.1 Å². The number of carboxylic acids is 1. The van der Waals surface area contributed by atoms with Gasteiger partial charge in [0.2, 0.25) is 0 Å². The van der Waals surface area contributed by atoms with Crippen LogP contribution in [0.1, 0.15) is 11.1 Å². The van der Waals surface area contributed by atoms with E-state index in [4.69, 9.17) is 4.74 Å². The standard InChI is InChI=1S/C42H26O4/c43-23-46-22-31-20-36(32-15-11-28-9-7-24-3-1-5-26-13-17-34(32)41(28)39(24)26)30(21-38(44)45)19-37(31)33-16-12-29-10-8-25-4-2-6-27-14-18-35(33)42(29)40(25)27/h1-20,23H,21-22H2,(H,44,45). The Bertz CT molecular complexity index is 2640. The lowest BCUT2D eigenvalue weighted by Crippen LogP contribution is -2.05. The molecule has 9 aromatic rings. The summed E-state index contributed by atoms with van der Waals surface area (Å²) >= 11 is 0. The maximum Gasteiger partial charge on any atom is 0.307 e. The lowest BCUT2D eigenvalue weighted by molar-refractivity contribution is -0.136. The average molecular weight is 595 g/mol. The molecule has 0 saturated carbocycles. The Labute approximate surface area is 263 Å². The van der Waals surface area contributed by atoms with E-state index in [9.17, 15) is 14.7 Å². The Morgan fingerprint density at radius 1 is 0.522 bits per heavy atom. The lowest BCUT2D eigenvalue weighted by Gasteiger charge is -2.20. The van der Waals surface area contributed by atoms with E-state index in [2.05, 4.69) is 109 Å². The molecule has 0 aliphatic heterocycles. The van der Waals surface area contributed by atoms with Gasteiger partial charge in [-0.1, -0.05) is 109 Å². The molecule has 46 heavy (non-hydrogen) atoms. The van der Waals surface area contributed by atoms with E-state index in [0.717, 1.165) is 54.7 Å². The Hall–Kier alpha value is -6.00. The first-order valence-corrected chi connectivity index (χ1v) is 15.4. The molecule has 4 heteroatoms. The van der Waals surface area contributed by atoms with Gasteiger partial charge in [0, 0.05) is 0 Å². The summed E-state index contributed by atoms with van der Waals surface area (Å²) in [5, 5.41) is 24.0. The topological polar surface area (TPSA) is 63.6 Å². The fraction of sp³-hybridized carbons (Fsp3) is 0.0476. The third kappa shape index (κ3) is 3.87. The number of rotatable bonds is 7. The van der Waals surface area contributed by atoms with Crippen molar-refractivity contribution in [3.05, 3.63) is 132 Å². The van der Waals surface area contributed by atoms with Gasteiger partial charge < -0.3 is 9.84 Å². The molecule has 218 valence electrons. The number of carboxylic acid groups (broad SMARTS) is 1. The summed E-state index contributed by atoms with van der Waals surface area (Å²) in [7, 11) is 0. The molecule has 9 rings (SSSR count). The molecule has 0 aliphatic rings. The molecule has 1 N–H and O–H groups in total. The summed E-state index contributed by atoms with van der Waals surface area (Å²) < 4.78 is 5.40.